The maximum absolute atomic E-state index is 11.7. The fraction of sp³-hybridized carbons (Fsp3) is 0.500. The van der Waals surface area contributed by atoms with Gasteiger partial charge in [-0.15, -0.1) is 0 Å². The van der Waals surface area contributed by atoms with Crippen LogP contribution in [0.3, 0.4) is 0 Å². The molecular formula is C16H19F3N2O4. The van der Waals surface area contributed by atoms with Crippen molar-refractivity contribution in [3.8, 4) is 0 Å². The standard InChI is InChI=1S/C14H18N2O2.C2HF3O2/c17-14(18-9-10-4-2-1-3-5-10)16-13-7-11-6-12(8-13)15-11;3-2(4,5)1(6)7/h1-5,11-13,15H,6-9H2,(H,16,17);(H,6,7)/t11-,12+,13?;. The smallest absolute Gasteiger partial charge is 0.475 e. The van der Waals surface area contributed by atoms with Gasteiger partial charge in [-0.2, -0.15) is 13.2 Å². The minimum atomic E-state index is -5.08. The van der Waals surface area contributed by atoms with Gasteiger partial charge in [-0.3, -0.25) is 0 Å². The number of rotatable bonds is 3. The number of fused-ring (bicyclic) bond motifs is 2. The van der Waals surface area contributed by atoms with Crippen LogP contribution >= 0.6 is 0 Å². The first kappa shape index (κ1) is 19.0. The van der Waals surface area contributed by atoms with E-state index in [2.05, 4.69) is 10.6 Å². The molecule has 0 radical (unpaired) electrons. The maximum Gasteiger partial charge on any atom is 0.490 e. The normalized spacial score (nSPS) is 24.2. The summed E-state index contributed by atoms with van der Waals surface area (Å²) in [4.78, 5) is 20.5. The number of carbonyl (C=O) groups is 2. The molecule has 25 heavy (non-hydrogen) atoms. The predicted molar refractivity (Wildman–Crippen MR) is 81.8 cm³/mol. The second-order valence-corrected chi connectivity index (χ2v) is 5.97. The highest BCUT2D eigenvalue weighted by Gasteiger charge is 2.38. The van der Waals surface area contributed by atoms with Crippen LogP contribution in [0.4, 0.5) is 18.0 Å². The Morgan fingerprint density at radius 1 is 1.16 bits per heavy atom. The van der Waals surface area contributed by atoms with Gasteiger partial charge in [0.25, 0.3) is 0 Å². The second-order valence-electron chi connectivity index (χ2n) is 5.97. The average molecular weight is 360 g/mol. The van der Waals surface area contributed by atoms with Crippen molar-refractivity contribution in [1.29, 1.82) is 0 Å². The third-order valence-corrected chi connectivity index (χ3v) is 3.96. The maximum atomic E-state index is 11.7. The monoisotopic (exact) mass is 360 g/mol. The molecule has 0 spiro atoms. The summed E-state index contributed by atoms with van der Waals surface area (Å²) in [5.41, 5.74) is 1.01. The van der Waals surface area contributed by atoms with Gasteiger partial charge in [0.05, 0.1) is 0 Å². The van der Waals surface area contributed by atoms with Crippen LogP contribution in [0.2, 0.25) is 0 Å². The Morgan fingerprint density at radius 2 is 1.68 bits per heavy atom. The van der Waals surface area contributed by atoms with E-state index in [1.54, 1.807) is 0 Å². The number of benzene rings is 1. The molecule has 138 valence electrons. The number of carbonyl (C=O) groups excluding carboxylic acids is 1. The number of carboxylic acid groups (broad SMARTS) is 1. The van der Waals surface area contributed by atoms with Gasteiger partial charge >= 0.3 is 18.2 Å². The summed E-state index contributed by atoms with van der Waals surface area (Å²) in [6.45, 7) is 0.338. The number of carboxylic acids is 1. The summed E-state index contributed by atoms with van der Waals surface area (Å²) in [6.07, 6.45) is -2.07. The highest BCUT2D eigenvalue weighted by molar-refractivity contribution is 5.73. The molecule has 4 rings (SSSR count). The SMILES string of the molecule is O=C(NC1C[C@@H]2C[C@H](C1)N2)OCc1ccccc1.O=C(O)C(F)(F)F. The van der Waals surface area contributed by atoms with Crippen LogP contribution < -0.4 is 10.6 Å². The Bertz CT molecular complexity index is 579. The topological polar surface area (TPSA) is 87.7 Å². The molecule has 3 N–H and O–H groups in total. The zero-order chi connectivity index (χ0) is 18.4. The van der Waals surface area contributed by atoms with E-state index in [0.29, 0.717) is 18.7 Å². The molecule has 2 saturated heterocycles. The summed E-state index contributed by atoms with van der Waals surface area (Å²) in [5, 5.41) is 13.5. The molecule has 1 amide bonds. The lowest BCUT2D eigenvalue weighted by Gasteiger charge is -2.46. The van der Waals surface area contributed by atoms with Crippen molar-refractivity contribution in [2.45, 2.75) is 50.2 Å². The Hall–Kier alpha value is -2.29. The van der Waals surface area contributed by atoms with Crippen LogP contribution in [0.1, 0.15) is 24.8 Å². The third-order valence-electron chi connectivity index (χ3n) is 3.96. The van der Waals surface area contributed by atoms with Gasteiger partial charge in [0.1, 0.15) is 6.61 Å². The van der Waals surface area contributed by atoms with Crippen molar-refractivity contribution in [2.24, 2.45) is 0 Å². The first-order valence-electron chi connectivity index (χ1n) is 7.77. The zero-order valence-corrected chi connectivity index (χ0v) is 13.3. The van der Waals surface area contributed by atoms with Gasteiger partial charge in [0.15, 0.2) is 0 Å². The summed E-state index contributed by atoms with van der Waals surface area (Å²) in [6, 6.07) is 11.2. The van der Waals surface area contributed by atoms with Crippen LogP contribution in [0.25, 0.3) is 0 Å². The van der Waals surface area contributed by atoms with Crippen LogP contribution in [0.15, 0.2) is 30.3 Å². The van der Waals surface area contributed by atoms with E-state index in [1.807, 2.05) is 30.3 Å². The van der Waals surface area contributed by atoms with Crippen molar-refractivity contribution >= 4 is 12.1 Å². The molecule has 0 aromatic heterocycles. The number of aliphatic carboxylic acids is 1. The Morgan fingerprint density at radius 3 is 2.16 bits per heavy atom. The molecule has 2 bridgehead atoms. The third kappa shape index (κ3) is 6.26. The summed E-state index contributed by atoms with van der Waals surface area (Å²) >= 11 is 0. The number of ether oxygens (including phenoxy) is 1. The average Bonchev–Trinajstić information content (AvgIpc) is 2.53. The number of alkyl carbamates (subject to hydrolysis) is 1. The lowest BCUT2D eigenvalue weighted by molar-refractivity contribution is -0.192. The van der Waals surface area contributed by atoms with Crippen LogP contribution in [0.5, 0.6) is 0 Å². The number of amides is 1. The second kappa shape index (κ2) is 8.19. The van der Waals surface area contributed by atoms with Crippen molar-refractivity contribution < 1.29 is 32.6 Å². The molecule has 1 aliphatic carbocycles. The molecule has 6 nitrogen and oxygen atoms in total. The van der Waals surface area contributed by atoms with Crippen LogP contribution in [0, 0.1) is 0 Å². The predicted octanol–water partition coefficient (Wildman–Crippen LogP) is 2.44. The largest absolute Gasteiger partial charge is 0.490 e. The lowest BCUT2D eigenvalue weighted by atomic mass is 9.80. The molecular weight excluding hydrogens is 341 g/mol. The number of hydrogen-bond acceptors (Lipinski definition) is 4. The van der Waals surface area contributed by atoms with E-state index >= 15 is 0 Å². The quantitative estimate of drug-likeness (QED) is 0.771. The van der Waals surface area contributed by atoms with Crippen molar-refractivity contribution in [3.63, 3.8) is 0 Å². The van der Waals surface area contributed by atoms with E-state index in [9.17, 15) is 18.0 Å². The zero-order valence-electron chi connectivity index (χ0n) is 13.3. The van der Waals surface area contributed by atoms with Gasteiger partial charge in [-0.05, 0) is 24.8 Å². The summed E-state index contributed by atoms with van der Waals surface area (Å²) < 4.78 is 36.9. The highest BCUT2D eigenvalue weighted by atomic mass is 19.4. The van der Waals surface area contributed by atoms with Crippen molar-refractivity contribution in [2.75, 3.05) is 0 Å². The van der Waals surface area contributed by atoms with E-state index in [-0.39, 0.29) is 12.1 Å². The molecule has 2 aliphatic heterocycles. The number of piperidine rings is 1. The highest BCUT2D eigenvalue weighted by Crippen LogP contribution is 2.28. The van der Waals surface area contributed by atoms with Gasteiger partial charge in [-0.1, -0.05) is 30.3 Å². The number of hydrogen-bond donors (Lipinski definition) is 3. The number of alkyl halides is 3. The van der Waals surface area contributed by atoms with E-state index < -0.39 is 12.1 Å². The summed E-state index contributed by atoms with van der Waals surface area (Å²) in [5.74, 6) is -2.76. The fourth-order valence-corrected chi connectivity index (χ4v) is 2.81. The van der Waals surface area contributed by atoms with Crippen LogP contribution in [-0.2, 0) is 16.1 Å². The molecule has 1 saturated carbocycles. The van der Waals surface area contributed by atoms with Gasteiger partial charge in [0, 0.05) is 18.1 Å². The molecule has 1 unspecified atom stereocenters. The number of halogens is 3. The van der Waals surface area contributed by atoms with Gasteiger partial charge in [0.2, 0.25) is 0 Å². The molecule has 2 heterocycles. The fourth-order valence-electron chi connectivity index (χ4n) is 2.81. The first-order valence-corrected chi connectivity index (χ1v) is 7.77. The van der Waals surface area contributed by atoms with Crippen LogP contribution in [-0.4, -0.2) is 41.5 Å². The van der Waals surface area contributed by atoms with E-state index in [4.69, 9.17) is 14.6 Å². The molecule has 9 heteroatoms. The molecule has 3 atom stereocenters. The molecule has 3 fully saturated rings. The first-order chi connectivity index (χ1) is 11.7. The number of nitrogens with one attached hydrogen (secondary N) is 2. The van der Waals surface area contributed by atoms with E-state index in [1.165, 1.54) is 6.42 Å². The minimum Gasteiger partial charge on any atom is -0.475 e. The van der Waals surface area contributed by atoms with Gasteiger partial charge in [-0.25, -0.2) is 9.59 Å². The van der Waals surface area contributed by atoms with E-state index in [0.717, 1.165) is 18.4 Å². The Kier molecular flexibility index (Phi) is 6.24. The molecule has 1 aromatic carbocycles. The lowest BCUT2D eigenvalue weighted by Crippen LogP contribution is -2.62. The van der Waals surface area contributed by atoms with Crippen molar-refractivity contribution in [3.05, 3.63) is 35.9 Å². The Balaban J connectivity index is 0.000000277. The van der Waals surface area contributed by atoms with Crippen molar-refractivity contribution in [1.82, 2.24) is 10.6 Å². The van der Waals surface area contributed by atoms with Gasteiger partial charge < -0.3 is 20.5 Å². The minimum absolute atomic E-state index is 0.276. The molecule has 1 aromatic rings. The Labute approximate surface area is 142 Å². The summed E-state index contributed by atoms with van der Waals surface area (Å²) in [7, 11) is 0. The molecule has 3 aliphatic rings.